The molecule has 0 unspecified atom stereocenters. The van der Waals surface area contributed by atoms with Crippen molar-refractivity contribution >= 4 is 29.9 Å². The maximum absolute atomic E-state index is 13.6. The van der Waals surface area contributed by atoms with E-state index in [9.17, 15) is 4.39 Å². The summed E-state index contributed by atoms with van der Waals surface area (Å²) in [4.78, 5) is 4.21. The molecule has 0 radical (unpaired) electrons. The highest BCUT2D eigenvalue weighted by Gasteiger charge is 2.03. The lowest BCUT2D eigenvalue weighted by atomic mass is 10.1. The molecule has 0 saturated carbocycles. The molecule has 0 bridgehead atoms. The van der Waals surface area contributed by atoms with Crippen molar-refractivity contribution in [1.29, 1.82) is 0 Å². The number of hydrogen-bond donors (Lipinski definition) is 2. The molecule has 0 aliphatic heterocycles. The number of nitrogens with zero attached hydrogens (tertiary/aromatic N) is 3. The fraction of sp³-hybridized carbons (Fsp3) is 0.200. The Kier molecular flexibility index (Phi) is 7.78. The van der Waals surface area contributed by atoms with Gasteiger partial charge in [-0.25, -0.2) is 9.07 Å². The predicted molar refractivity (Wildman–Crippen MR) is 117 cm³/mol. The first-order valence-corrected chi connectivity index (χ1v) is 8.44. The van der Waals surface area contributed by atoms with Crippen LogP contribution in [0.4, 0.5) is 4.39 Å². The molecule has 142 valence electrons. The van der Waals surface area contributed by atoms with Gasteiger partial charge in [-0.15, -0.1) is 24.0 Å². The van der Waals surface area contributed by atoms with Crippen molar-refractivity contribution in [2.24, 2.45) is 4.99 Å². The Hall–Kier alpha value is -2.42. The summed E-state index contributed by atoms with van der Waals surface area (Å²) in [6.07, 6.45) is 3.67. The summed E-state index contributed by atoms with van der Waals surface area (Å²) in [7, 11) is 1.71. The zero-order valence-corrected chi connectivity index (χ0v) is 17.6. The molecule has 3 rings (SSSR count). The molecule has 27 heavy (non-hydrogen) atoms. The van der Waals surface area contributed by atoms with Crippen LogP contribution in [0.3, 0.4) is 0 Å². The summed E-state index contributed by atoms with van der Waals surface area (Å²) >= 11 is 0. The average molecular weight is 479 g/mol. The van der Waals surface area contributed by atoms with Gasteiger partial charge in [0.2, 0.25) is 0 Å². The van der Waals surface area contributed by atoms with Crippen LogP contribution >= 0.6 is 24.0 Å². The fourth-order valence-corrected chi connectivity index (χ4v) is 2.57. The molecule has 2 N–H and O–H groups in total. The van der Waals surface area contributed by atoms with Crippen LogP contribution in [0.15, 0.2) is 65.9 Å². The minimum atomic E-state index is -0.192. The molecule has 0 aliphatic rings. The van der Waals surface area contributed by atoms with Crippen LogP contribution in [0.1, 0.15) is 16.7 Å². The van der Waals surface area contributed by atoms with E-state index >= 15 is 0 Å². The molecule has 5 nitrogen and oxygen atoms in total. The van der Waals surface area contributed by atoms with Crippen LogP contribution in [0.25, 0.3) is 5.69 Å². The molecule has 0 aliphatic carbocycles. The van der Waals surface area contributed by atoms with Crippen molar-refractivity contribution in [2.75, 3.05) is 7.05 Å². The zero-order chi connectivity index (χ0) is 18.4. The number of aryl methyl sites for hydroxylation is 1. The highest BCUT2D eigenvalue weighted by atomic mass is 127. The standard InChI is InChI=1S/C20H22FN5.HI/c1-15-7-8-17(12-19(15)21)14-24-20(22-2)23-13-16-5-3-6-18(11-16)26-10-4-9-25-26;/h3-12H,13-14H2,1-2H3,(H2,22,23,24);1H. The van der Waals surface area contributed by atoms with Crippen molar-refractivity contribution in [3.05, 3.63) is 83.4 Å². The average Bonchev–Trinajstić information content (AvgIpc) is 3.20. The second-order valence-electron chi connectivity index (χ2n) is 5.98. The molecule has 3 aromatic rings. The Morgan fingerprint density at radius 3 is 2.44 bits per heavy atom. The van der Waals surface area contributed by atoms with Crippen molar-refractivity contribution in [2.45, 2.75) is 20.0 Å². The van der Waals surface area contributed by atoms with E-state index in [4.69, 9.17) is 0 Å². The van der Waals surface area contributed by atoms with Gasteiger partial charge in [-0.1, -0.05) is 24.3 Å². The largest absolute Gasteiger partial charge is 0.352 e. The van der Waals surface area contributed by atoms with E-state index in [2.05, 4.69) is 26.8 Å². The molecular weight excluding hydrogens is 456 g/mol. The lowest BCUT2D eigenvalue weighted by Crippen LogP contribution is -2.36. The second kappa shape index (κ2) is 10.1. The first kappa shape index (κ1) is 20.9. The minimum absolute atomic E-state index is 0. The van der Waals surface area contributed by atoms with E-state index < -0.39 is 0 Å². The lowest BCUT2D eigenvalue weighted by molar-refractivity contribution is 0.615. The SMILES string of the molecule is CN=C(NCc1cccc(-n2cccn2)c1)NCc1ccc(C)c(F)c1.I. The maximum Gasteiger partial charge on any atom is 0.191 e. The summed E-state index contributed by atoms with van der Waals surface area (Å²) < 4.78 is 15.5. The van der Waals surface area contributed by atoms with Crippen LogP contribution in [-0.4, -0.2) is 22.8 Å². The molecule has 2 aromatic carbocycles. The van der Waals surface area contributed by atoms with Crippen LogP contribution in [0.2, 0.25) is 0 Å². The highest BCUT2D eigenvalue weighted by Crippen LogP contribution is 2.10. The Balaban J connectivity index is 0.00000261. The Morgan fingerprint density at radius 1 is 1.07 bits per heavy atom. The third-order valence-corrected chi connectivity index (χ3v) is 4.06. The number of aromatic nitrogens is 2. The molecule has 7 heteroatoms. The van der Waals surface area contributed by atoms with Crippen molar-refractivity contribution < 1.29 is 4.39 Å². The molecule has 0 fully saturated rings. The molecule has 1 heterocycles. The van der Waals surface area contributed by atoms with E-state index in [0.717, 1.165) is 16.8 Å². The van der Waals surface area contributed by atoms with Gasteiger partial charge < -0.3 is 10.6 Å². The van der Waals surface area contributed by atoms with Gasteiger partial charge in [-0.05, 0) is 47.9 Å². The predicted octanol–water partition coefficient (Wildman–Crippen LogP) is 3.80. The van der Waals surface area contributed by atoms with Crippen LogP contribution in [0, 0.1) is 12.7 Å². The third kappa shape index (κ3) is 5.78. The van der Waals surface area contributed by atoms with Gasteiger partial charge in [0, 0.05) is 32.5 Å². The van der Waals surface area contributed by atoms with Gasteiger partial charge in [-0.2, -0.15) is 5.10 Å². The van der Waals surface area contributed by atoms with Gasteiger partial charge in [0.15, 0.2) is 5.96 Å². The normalized spacial score (nSPS) is 11.0. The highest BCUT2D eigenvalue weighted by molar-refractivity contribution is 14.0. The summed E-state index contributed by atoms with van der Waals surface area (Å²) in [5.74, 6) is 0.471. The Labute approximate surface area is 175 Å². The number of hydrogen-bond acceptors (Lipinski definition) is 2. The maximum atomic E-state index is 13.6. The van der Waals surface area contributed by atoms with Crippen LogP contribution in [-0.2, 0) is 13.1 Å². The summed E-state index contributed by atoms with van der Waals surface area (Å²) in [5, 5.41) is 10.7. The Morgan fingerprint density at radius 2 is 1.81 bits per heavy atom. The number of benzene rings is 2. The molecule has 0 saturated heterocycles. The van der Waals surface area contributed by atoms with Gasteiger partial charge in [0.1, 0.15) is 5.82 Å². The molecule has 1 aromatic heterocycles. The summed E-state index contributed by atoms with van der Waals surface area (Å²) in [6.45, 7) is 2.88. The quantitative estimate of drug-likeness (QED) is 0.333. The zero-order valence-electron chi connectivity index (χ0n) is 15.3. The smallest absolute Gasteiger partial charge is 0.191 e. The summed E-state index contributed by atoms with van der Waals surface area (Å²) in [6, 6.07) is 15.3. The van der Waals surface area contributed by atoms with Crippen LogP contribution < -0.4 is 10.6 Å². The lowest BCUT2D eigenvalue weighted by Gasteiger charge is -2.13. The number of halogens is 2. The number of nitrogens with one attached hydrogen (secondary N) is 2. The molecule has 0 spiro atoms. The molecule has 0 atom stereocenters. The first-order valence-electron chi connectivity index (χ1n) is 8.44. The van der Waals surface area contributed by atoms with E-state index in [1.54, 1.807) is 32.3 Å². The van der Waals surface area contributed by atoms with E-state index in [1.165, 1.54) is 0 Å². The number of guanidine groups is 1. The summed E-state index contributed by atoms with van der Waals surface area (Å²) in [5.41, 5.74) is 3.64. The van der Waals surface area contributed by atoms with Gasteiger partial charge in [-0.3, -0.25) is 4.99 Å². The van der Waals surface area contributed by atoms with Crippen molar-refractivity contribution in [3.63, 3.8) is 0 Å². The van der Waals surface area contributed by atoms with Crippen LogP contribution in [0.5, 0.6) is 0 Å². The minimum Gasteiger partial charge on any atom is -0.352 e. The molecule has 0 amide bonds. The number of aliphatic imine (C=N–C) groups is 1. The monoisotopic (exact) mass is 479 g/mol. The van der Waals surface area contributed by atoms with Gasteiger partial charge >= 0.3 is 0 Å². The second-order valence-corrected chi connectivity index (χ2v) is 5.98. The first-order chi connectivity index (χ1) is 12.7. The van der Waals surface area contributed by atoms with Crippen molar-refractivity contribution in [1.82, 2.24) is 20.4 Å². The van der Waals surface area contributed by atoms with Gasteiger partial charge in [0.25, 0.3) is 0 Å². The van der Waals surface area contributed by atoms with E-state index in [-0.39, 0.29) is 29.8 Å². The van der Waals surface area contributed by atoms with Gasteiger partial charge in [0.05, 0.1) is 5.69 Å². The number of rotatable bonds is 5. The van der Waals surface area contributed by atoms with E-state index in [1.807, 2.05) is 41.2 Å². The topological polar surface area (TPSA) is 54.2 Å². The third-order valence-electron chi connectivity index (χ3n) is 4.06. The van der Waals surface area contributed by atoms with E-state index in [0.29, 0.717) is 24.6 Å². The fourth-order valence-electron chi connectivity index (χ4n) is 2.57. The van der Waals surface area contributed by atoms with Crippen molar-refractivity contribution in [3.8, 4) is 5.69 Å². The Bertz CT molecular complexity index is 893. The molecular formula is C20H23FIN5.